The predicted octanol–water partition coefficient (Wildman–Crippen LogP) is 4.39. The summed E-state index contributed by atoms with van der Waals surface area (Å²) in [5.74, 6) is -1.88. The molecule has 1 aliphatic rings. The van der Waals surface area contributed by atoms with Crippen LogP contribution in [0.4, 0.5) is 17.6 Å². The lowest BCUT2D eigenvalue weighted by molar-refractivity contribution is -0.148. The van der Waals surface area contributed by atoms with Gasteiger partial charge >= 0.3 is 6.18 Å². The maximum atomic E-state index is 13.4. The third-order valence-electron chi connectivity index (χ3n) is 4.78. The van der Waals surface area contributed by atoms with E-state index in [1.807, 2.05) is 0 Å². The third kappa shape index (κ3) is 3.72. The Balaban J connectivity index is 1.63. The summed E-state index contributed by atoms with van der Waals surface area (Å²) in [5.41, 5.74) is 1.19. The molecule has 4 nitrogen and oxygen atoms in total. The van der Waals surface area contributed by atoms with E-state index >= 15 is 0 Å². The van der Waals surface area contributed by atoms with Crippen LogP contribution >= 0.6 is 0 Å². The molecule has 0 unspecified atom stereocenters. The number of aromatic nitrogens is 2. The number of hydrogen-bond donors (Lipinski definition) is 0. The summed E-state index contributed by atoms with van der Waals surface area (Å²) >= 11 is 0. The van der Waals surface area contributed by atoms with Crippen LogP contribution in [0.3, 0.4) is 0 Å². The van der Waals surface area contributed by atoms with Gasteiger partial charge in [-0.05, 0) is 42.7 Å². The fourth-order valence-corrected chi connectivity index (χ4v) is 3.27. The Morgan fingerprint density at radius 2 is 1.79 bits per heavy atom. The molecule has 0 bridgehead atoms. The first-order valence-electron chi connectivity index (χ1n) is 8.89. The summed E-state index contributed by atoms with van der Waals surface area (Å²) < 4.78 is 54.4. The van der Waals surface area contributed by atoms with Gasteiger partial charge in [0.2, 0.25) is 11.7 Å². The lowest BCUT2D eigenvalue weighted by atomic mass is 10.2. The quantitative estimate of drug-likeness (QED) is 0.605. The maximum absolute atomic E-state index is 13.4. The molecule has 4 rings (SSSR count). The Bertz CT molecular complexity index is 1010. The van der Waals surface area contributed by atoms with Gasteiger partial charge < -0.3 is 9.47 Å². The van der Waals surface area contributed by atoms with Crippen molar-refractivity contribution >= 4 is 16.9 Å². The number of carbonyl (C=O) groups is 1. The van der Waals surface area contributed by atoms with Crippen molar-refractivity contribution in [3.05, 3.63) is 65.7 Å². The Hall–Kier alpha value is -2.90. The minimum atomic E-state index is -4.67. The van der Waals surface area contributed by atoms with Gasteiger partial charge in [0, 0.05) is 12.6 Å². The number of amides is 1. The molecule has 0 N–H and O–H groups in total. The van der Waals surface area contributed by atoms with Crippen molar-refractivity contribution in [2.24, 2.45) is 0 Å². The van der Waals surface area contributed by atoms with E-state index in [1.54, 1.807) is 29.2 Å². The second-order valence-electron chi connectivity index (χ2n) is 6.89. The molecule has 0 spiro atoms. The van der Waals surface area contributed by atoms with E-state index < -0.39 is 24.5 Å². The number of para-hydroxylation sites is 2. The topological polar surface area (TPSA) is 38.1 Å². The number of halogens is 4. The molecule has 1 saturated carbocycles. The molecule has 1 aromatic heterocycles. The molecular formula is C20H17F4N3O. The number of imidazole rings is 1. The van der Waals surface area contributed by atoms with E-state index in [4.69, 9.17) is 0 Å². The fraction of sp³-hybridized carbons (Fsp3) is 0.300. The van der Waals surface area contributed by atoms with E-state index in [9.17, 15) is 22.4 Å². The van der Waals surface area contributed by atoms with Crippen LogP contribution in [0.25, 0.3) is 11.0 Å². The average molecular weight is 391 g/mol. The largest absolute Gasteiger partial charge is 0.449 e. The molecule has 1 amide bonds. The third-order valence-corrected chi connectivity index (χ3v) is 4.78. The lowest BCUT2D eigenvalue weighted by Crippen LogP contribution is -2.36. The first-order chi connectivity index (χ1) is 13.3. The van der Waals surface area contributed by atoms with E-state index in [0.717, 1.165) is 23.0 Å². The van der Waals surface area contributed by atoms with Crippen molar-refractivity contribution < 1.29 is 22.4 Å². The summed E-state index contributed by atoms with van der Waals surface area (Å²) in [6.07, 6.45) is -3.05. The molecule has 0 aliphatic heterocycles. The highest BCUT2D eigenvalue weighted by atomic mass is 19.4. The SMILES string of the molecule is O=C(Cn1c(C(F)(F)F)nc2ccccc21)N(Cc1ccc(F)cc1)C1CC1. The minimum Gasteiger partial charge on any atom is -0.334 e. The van der Waals surface area contributed by atoms with Crippen LogP contribution in [0.2, 0.25) is 0 Å². The average Bonchev–Trinajstić information content (AvgIpc) is 3.42. The number of nitrogens with zero attached hydrogens (tertiary/aromatic N) is 3. The first kappa shape index (κ1) is 18.5. The van der Waals surface area contributed by atoms with Crippen molar-refractivity contribution in [1.82, 2.24) is 14.5 Å². The lowest BCUT2D eigenvalue weighted by Gasteiger charge is -2.23. The van der Waals surface area contributed by atoms with Gasteiger partial charge in [0.05, 0.1) is 11.0 Å². The second kappa shape index (κ2) is 6.92. The fourth-order valence-electron chi connectivity index (χ4n) is 3.27. The van der Waals surface area contributed by atoms with Crippen molar-refractivity contribution in [3.8, 4) is 0 Å². The number of fused-ring (bicyclic) bond motifs is 1. The van der Waals surface area contributed by atoms with Crippen LogP contribution in [-0.2, 0) is 24.1 Å². The van der Waals surface area contributed by atoms with Gasteiger partial charge in [-0.3, -0.25) is 4.79 Å². The molecule has 3 aromatic rings. The number of benzene rings is 2. The predicted molar refractivity (Wildman–Crippen MR) is 94.7 cm³/mol. The summed E-state index contributed by atoms with van der Waals surface area (Å²) in [6.45, 7) is -0.217. The molecule has 1 heterocycles. The molecule has 0 radical (unpaired) electrons. The Morgan fingerprint density at radius 1 is 1.11 bits per heavy atom. The smallest absolute Gasteiger partial charge is 0.334 e. The van der Waals surface area contributed by atoms with Gasteiger partial charge in [0.25, 0.3) is 0 Å². The van der Waals surface area contributed by atoms with Gasteiger partial charge in [-0.2, -0.15) is 13.2 Å². The van der Waals surface area contributed by atoms with E-state index in [1.165, 1.54) is 24.3 Å². The Morgan fingerprint density at radius 3 is 2.43 bits per heavy atom. The van der Waals surface area contributed by atoms with Gasteiger partial charge in [-0.1, -0.05) is 24.3 Å². The van der Waals surface area contributed by atoms with Crippen LogP contribution in [-0.4, -0.2) is 26.4 Å². The van der Waals surface area contributed by atoms with Crippen molar-refractivity contribution in [2.45, 2.75) is 38.1 Å². The van der Waals surface area contributed by atoms with E-state index in [-0.39, 0.29) is 29.4 Å². The standard InChI is InChI=1S/C20H17F4N3O/c21-14-7-5-13(6-8-14)11-26(15-9-10-15)18(28)12-27-17-4-2-1-3-16(17)25-19(27)20(22,23)24/h1-8,15H,9-12H2. The van der Waals surface area contributed by atoms with Crippen LogP contribution in [0.1, 0.15) is 24.2 Å². The van der Waals surface area contributed by atoms with E-state index in [0.29, 0.717) is 0 Å². The molecular weight excluding hydrogens is 374 g/mol. The number of hydrogen-bond acceptors (Lipinski definition) is 2. The number of carbonyl (C=O) groups excluding carboxylic acids is 1. The van der Waals surface area contributed by atoms with Gasteiger partial charge in [0.15, 0.2) is 0 Å². The van der Waals surface area contributed by atoms with Crippen LogP contribution < -0.4 is 0 Å². The zero-order valence-electron chi connectivity index (χ0n) is 14.8. The molecule has 2 aromatic carbocycles. The van der Waals surface area contributed by atoms with Gasteiger partial charge in [-0.25, -0.2) is 9.37 Å². The summed E-state index contributed by atoms with van der Waals surface area (Å²) in [6, 6.07) is 12.0. The number of rotatable bonds is 5. The summed E-state index contributed by atoms with van der Waals surface area (Å²) in [5, 5.41) is 0. The zero-order valence-corrected chi connectivity index (χ0v) is 14.8. The van der Waals surface area contributed by atoms with Crippen molar-refractivity contribution in [3.63, 3.8) is 0 Å². The monoisotopic (exact) mass is 391 g/mol. The minimum absolute atomic E-state index is 0.00155. The highest BCUT2D eigenvalue weighted by molar-refractivity contribution is 5.81. The molecule has 1 aliphatic carbocycles. The Kier molecular flexibility index (Phi) is 4.56. The Labute approximate surface area is 158 Å². The van der Waals surface area contributed by atoms with Crippen LogP contribution in [0, 0.1) is 5.82 Å². The molecule has 8 heteroatoms. The van der Waals surface area contributed by atoms with Crippen LogP contribution in [0.5, 0.6) is 0 Å². The van der Waals surface area contributed by atoms with Crippen LogP contribution in [0.15, 0.2) is 48.5 Å². The molecule has 0 atom stereocenters. The maximum Gasteiger partial charge on any atom is 0.449 e. The van der Waals surface area contributed by atoms with Crippen molar-refractivity contribution in [1.29, 1.82) is 0 Å². The molecule has 146 valence electrons. The number of alkyl halides is 3. The molecule has 28 heavy (non-hydrogen) atoms. The summed E-state index contributed by atoms with van der Waals surface area (Å²) in [7, 11) is 0. The first-order valence-corrected chi connectivity index (χ1v) is 8.89. The van der Waals surface area contributed by atoms with Gasteiger partial charge in [0.1, 0.15) is 12.4 Å². The highest BCUT2D eigenvalue weighted by Crippen LogP contribution is 2.33. The van der Waals surface area contributed by atoms with E-state index in [2.05, 4.69) is 4.98 Å². The van der Waals surface area contributed by atoms with Gasteiger partial charge in [-0.15, -0.1) is 0 Å². The second-order valence-corrected chi connectivity index (χ2v) is 6.89. The highest BCUT2D eigenvalue weighted by Gasteiger charge is 2.39. The molecule has 1 fully saturated rings. The zero-order chi connectivity index (χ0) is 19.9. The normalized spacial score (nSPS) is 14.4. The summed E-state index contributed by atoms with van der Waals surface area (Å²) in [4.78, 5) is 18.2. The molecule has 0 saturated heterocycles. The van der Waals surface area contributed by atoms with Crippen molar-refractivity contribution in [2.75, 3.05) is 0 Å².